The van der Waals surface area contributed by atoms with Crippen LogP contribution in [0, 0.1) is 11.6 Å². The van der Waals surface area contributed by atoms with Crippen molar-refractivity contribution < 1.29 is 13.6 Å². The lowest BCUT2D eigenvalue weighted by Gasteiger charge is -2.06. The molecule has 5 heteroatoms. The largest absolute Gasteiger partial charge is 0.348 e. The molecular formula is C14H10ClF2NO. The number of carbonyl (C=O) groups excluding carboxylic acids is 1. The van der Waals surface area contributed by atoms with Crippen molar-refractivity contribution in [2.45, 2.75) is 6.54 Å². The Balaban J connectivity index is 2.03. The Hall–Kier alpha value is -1.94. The molecule has 2 aromatic rings. The average Bonchev–Trinajstić information content (AvgIpc) is 2.37. The van der Waals surface area contributed by atoms with Crippen LogP contribution in [-0.4, -0.2) is 5.91 Å². The maximum Gasteiger partial charge on any atom is 0.254 e. The van der Waals surface area contributed by atoms with E-state index in [1.54, 1.807) is 12.1 Å². The molecule has 0 aliphatic carbocycles. The SMILES string of the molecule is O=C(NCc1ccc(F)cc1)c1ccc(Cl)cc1F. The Bertz CT molecular complexity index is 599. The lowest BCUT2D eigenvalue weighted by molar-refractivity contribution is 0.0947. The number of amides is 1. The van der Waals surface area contributed by atoms with Crippen molar-refractivity contribution in [3.8, 4) is 0 Å². The van der Waals surface area contributed by atoms with Crippen molar-refractivity contribution in [3.63, 3.8) is 0 Å². The van der Waals surface area contributed by atoms with Gasteiger partial charge in [-0.05, 0) is 35.9 Å². The molecule has 0 aliphatic rings. The fraction of sp³-hybridized carbons (Fsp3) is 0.0714. The summed E-state index contributed by atoms with van der Waals surface area (Å²) in [6.07, 6.45) is 0. The molecule has 0 spiro atoms. The van der Waals surface area contributed by atoms with Crippen molar-refractivity contribution in [2.75, 3.05) is 0 Å². The fourth-order valence-corrected chi connectivity index (χ4v) is 1.71. The maximum atomic E-state index is 13.5. The van der Waals surface area contributed by atoms with Gasteiger partial charge in [0.05, 0.1) is 5.56 Å². The van der Waals surface area contributed by atoms with E-state index in [0.29, 0.717) is 0 Å². The molecule has 19 heavy (non-hydrogen) atoms. The average molecular weight is 282 g/mol. The van der Waals surface area contributed by atoms with Gasteiger partial charge in [-0.1, -0.05) is 23.7 Å². The number of hydrogen-bond donors (Lipinski definition) is 1. The molecule has 1 N–H and O–H groups in total. The Morgan fingerprint density at radius 2 is 1.79 bits per heavy atom. The Kier molecular flexibility index (Phi) is 4.12. The fourth-order valence-electron chi connectivity index (χ4n) is 1.55. The third-order valence-electron chi connectivity index (χ3n) is 2.54. The van der Waals surface area contributed by atoms with Gasteiger partial charge in [-0.25, -0.2) is 8.78 Å². The van der Waals surface area contributed by atoms with Crippen LogP contribution in [0.4, 0.5) is 8.78 Å². The topological polar surface area (TPSA) is 29.1 Å². The van der Waals surface area contributed by atoms with Crippen LogP contribution in [0.25, 0.3) is 0 Å². The van der Waals surface area contributed by atoms with Crippen LogP contribution < -0.4 is 5.32 Å². The molecule has 0 saturated heterocycles. The first-order valence-electron chi connectivity index (χ1n) is 5.54. The summed E-state index contributed by atoms with van der Waals surface area (Å²) in [5.74, 6) is -1.57. The Morgan fingerprint density at radius 3 is 2.42 bits per heavy atom. The summed E-state index contributed by atoms with van der Waals surface area (Å²) in [6.45, 7) is 0.196. The predicted octanol–water partition coefficient (Wildman–Crippen LogP) is 3.55. The zero-order chi connectivity index (χ0) is 13.8. The molecule has 0 saturated carbocycles. The number of benzene rings is 2. The second kappa shape index (κ2) is 5.80. The molecule has 2 rings (SSSR count). The van der Waals surface area contributed by atoms with Crippen LogP contribution in [0.15, 0.2) is 42.5 Å². The van der Waals surface area contributed by atoms with Crippen LogP contribution in [-0.2, 0) is 6.54 Å². The molecule has 98 valence electrons. The molecule has 0 unspecified atom stereocenters. The summed E-state index contributed by atoms with van der Waals surface area (Å²) in [5, 5.41) is 2.78. The predicted molar refractivity (Wildman–Crippen MR) is 69.0 cm³/mol. The Labute approximate surface area is 114 Å². The molecule has 0 heterocycles. The smallest absolute Gasteiger partial charge is 0.254 e. The normalized spacial score (nSPS) is 10.3. The zero-order valence-corrected chi connectivity index (χ0v) is 10.5. The van der Waals surface area contributed by atoms with Crippen LogP contribution >= 0.6 is 11.6 Å². The molecule has 2 nitrogen and oxygen atoms in total. The van der Waals surface area contributed by atoms with Crippen LogP contribution in [0.3, 0.4) is 0 Å². The van der Waals surface area contributed by atoms with E-state index >= 15 is 0 Å². The van der Waals surface area contributed by atoms with E-state index in [1.807, 2.05) is 0 Å². The summed E-state index contributed by atoms with van der Waals surface area (Å²) in [6, 6.07) is 9.53. The lowest BCUT2D eigenvalue weighted by atomic mass is 10.2. The van der Waals surface area contributed by atoms with E-state index in [1.165, 1.54) is 24.3 Å². The van der Waals surface area contributed by atoms with E-state index in [-0.39, 0.29) is 22.9 Å². The highest BCUT2D eigenvalue weighted by molar-refractivity contribution is 6.30. The van der Waals surface area contributed by atoms with Crippen LogP contribution in [0.1, 0.15) is 15.9 Å². The number of rotatable bonds is 3. The van der Waals surface area contributed by atoms with E-state index in [9.17, 15) is 13.6 Å². The van der Waals surface area contributed by atoms with Crippen molar-refractivity contribution >= 4 is 17.5 Å². The first kappa shape index (κ1) is 13.5. The van der Waals surface area contributed by atoms with Gasteiger partial charge in [-0.2, -0.15) is 0 Å². The second-order valence-electron chi connectivity index (χ2n) is 3.93. The van der Waals surface area contributed by atoms with Crippen molar-refractivity contribution in [1.29, 1.82) is 0 Å². The van der Waals surface area contributed by atoms with E-state index < -0.39 is 11.7 Å². The van der Waals surface area contributed by atoms with Gasteiger partial charge in [0.1, 0.15) is 11.6 Å². The van der Waals surface area contributed by atoms with Crippen LogP contribution in [0.5, 0.6) is 0 Å². The van der Waals surface area contributed by atoms with Crippen molar-refractivity contribution in [2.24, 2.45) is 0 Å². The molecule has 0 radical (unpaired) electrons. The molecule has 2 aromatic carbocycles. The van der Waals surface area contributed by atoms with Gasteiger partial charge < -0.3 is 5.32 Å². The Morgan fingerprint density at radius 1 is 1.11 bits per heavy atom. The number of nitrogens with one attached hydrogen (secondary N) is 1. The van der Waals surface area contributed by atoms with Crippen molar-refractivity contribution in [1.82, 2.24) is 5.32 Å². The van der Waals surface area contributed by atoms with E-state index in [4.69, 9.17) is 11.6 Å². The first-order chi connectivity index (χ1) is 9.06. The van der Waals surface area contributed by atoms with Gasteiger partial charge in [0.25, 0.3) is 5.91 Å². The molecule has 0 aromatic heterocycles. The molecule has 1 amide bonds. The van der Waals surface area contributed by atoms with Gasteiger partial charge in [-0.3, -0.25) is 4.79 Å². The summed E-state index contributed by atoms with van der Waals surface area (Å²) in [5.41, 5.74) is 0.649. The molecule has 0 bridgehead atoms. The highest BCUT2D eigenvalue weighted by Crippen LogP contribution is 2.14. The van der Waals surface area contributed by atoms with Gasteiger partial charge in [-0.15, -0.1) is 0 Å². The monoisotopic (exact) mass is 281 g/mol. The number of halogens is 3. The van der Waals surface area contributed by atoms with Crippen LogP contribution in [0.2, 0.25) is 5.02 Å². The third kappa shape index (κ3) is 3.51. The minimum Gasteiger partial charge on any atom is -0.348 e. The van der Waals surface area contributed by atoms with Gasteiger partial charge in [0.15, 0.2) is 0 Å². The number of hydrogen-bond acceptors (Lipinski definition) is 1. The van der Waals surface area contributed by atoms with Gasteiger partial charge in [0, 0.05) is 11.6 Å². The van der Waals surface area contributed by atoms with E-state index in [2.05, 4.69) is 5.32 Å². The van der Waals surface area contributed by atoms with Gasteiger partial charge in [0.2, 0.25) is 0 Å². The lowest BCUT2D eigenvalue weighted by Crippen LogP contribution is -2.23. The van der Waals surface area contributed by atoms with E-state index in [0.717, 1.165) is 11.6 Å². The molecule has 0 fully saturated rings. The van der Waals surface area contributed by atoms with Crippen molar-refractivity contribution in [3.05, 3.63) is 70.2 Å². The second-order valence-corrected chi connectivity index (χ2v) is 4.37. The highest BCUT2D eigenvalue weighted by atomic mass is 35.5. The summed E-state index contributed by atoms with van der Waals surface area (Å²) in [7, 11) is 0. The first-order valence-corrected chi connectivity index (χ1v) is 5.92. The zero-order valence-electron chi connectivity index (χ0n) is 9.79. The summed E-state index contributed by atoms with van der Waals surface area (Å²) in [4.78, 5) is 11.7. The minimum absolute atomic E-state index is 0.0773. The summed E-state index contributed by atoms with van der Waals surface area (Å²) < 4.78 is 26.2. The standard InChI is InChI=1S/C14H10ClF2NO/c15-10-3-6-12(13(17)7-10)14(19)18-8-9-1-4-11(16)5-2-9/h1-7H,8H2,(H,18,19). The molecule has 0 atom stereocenters. The maximum absolute atomic E-state index is 13.5. The third-order valence-corrected chi connectivity index (χ3v) is 2.78. The van der Waals surface area contributed by atoms with Gasteiger partial charge >= 0.3 is 0 Å². The minimum atomic E-state index is -0.677. The molecular weight excluding hydrogens is 272 g/mol. The molecule has 0 aliphatic heterocycles. The number of carbonyl (C=O) groups is 1. The summed E-state index contributed by atoms with van der Waals surface area (Å²) >= 11 is 5.60. The highest BCUT2D eigenvalue weighted by Gasteiger charge is 2.11. The quantitative estimate of drug-likeness (QED) is 0.916.